The van der Waals surface area contributed by atoms with E-state index in [0.29, 0.717) is 11.5 Å². The molecular weight excluding hydrogens is 440 g/mol. The van der Waals surface area contributed by atoms with E-state index in [9.17, 15) is 18.5 Å². The summed E-state index contributed by atoms with van der Waals surface area (Å²) in [7, 11) is -2.66. The Morgan fingerprint density at radius 1 is 1.12 bits per heavy atom. The fourth-order valence-corrected chi connectivity index (χ4v) is 4.75. The van der Waals surface area contributed by atoms with Crippen molar-refractivity contribution in [3.63, 3.8) is 0 Å². The number of carbonyl (C=O) groups is 1. The van der Waals surface area contributed by atoms with Crippen molar-refractivity contribution in [2.75, 3.05) is 7.11 Å². The molecule has 1 aliphatic rings. The molecule has 2 aromatic carbocycles. The molecule has 33 heavy (non-hydrogen) atoms. The van der Waals surface area contributed by atoms with Gasteiger partial charge in [0, 0.05) is 6.04 Å². The number of ether oxygens (including phenoxy) is 1. The lowest BCUT2D eigenvalue weighted by Crippen LogP contribution is -2.41. The maximum absolute atomic E-state index is 12.6. The first-order valence-corrected chi connectivity index (χ1v) is 12.3. The van der Waals surface area contributed by atoms with Crippen LogP contribution in [0.25, 0.3) is 6.08 Å². The summed E-state index contributed by atoms with van der Waals surface area (Å²) < 4.78 is 35.8. The minimum Gasteiger partial charge on any atom is -0.493 e. The molecule has 0 spiro atoms. The molecule has 0 saturated heterocycles. The van der Waals surface area contributed by atoms with Gasteiger partial charge in [0.15, 0.2) is 11.5 Å². The number of methoxy groups -OCH3 is 1. The van der Waals surface area contributed by atoms with E-state index >= 15 is 0 Å². The Kier molecular flexibility index (Phi) is 7.77. The molecule has 0 radical (unpaired) electrons. The molecule has 1 N–H and O–H groups in total. The Bertz CT molecular complexity index is 1180. The van der Waals surface area contributed by atoms with Gasteiger partial charge in [-0.3, -0.25) is 4.79 Å². The average Bonchev–Trinajstić information content (AvgIpc) is 2.79. The zero-order valence-electron chi connectivity index (χ0n) is 19.0. The van der Waals surface area contributed by atoms with Crippen molar-refractivity contribution in [1.82, 2.24) is 5.32 Å². The molecule has 8 heteroatoms. The van der Waals surface area contributed by atoms with E-state index in [4.69, 9.17) is 8.92 Å². The van der Waals surface area contributed by atoms with E-state index in [0.717, 1.165) is 31.2 Å². The first-order chi connectivity index (χ1) is 15.7. The Morgan fingerprint density at radius 3 is 2.45 bits per heavy atom. The maximum atomic E-state index is 12.6. The Balaban J connectivity index is 1.80. The second-order valence-electron chi connectivity index (χ2n) is 8.27. The average molecular weight is 469 g/mol. The molecule has 1 saturated carbocycles. The maximum Gasteiger partial charge on any atom is 0.339 e. The Hall–Kier alpha value is -3.31. The number of hydrogen-bond acceptors (Lipinski definition) is 6. The van der Waals surface area contributed by atoms with Gasteiger partial charge in [0.2, 0.25) is 0 Å². The quantitative estimate of drug-likeness (QED) is 0.367. The first kappa shape index (κ1) is 24.3. The summed E-state index contributed by atoms with van der Waals surface area (Å²) in [6.45, 7) is 3.96. The van der Waals surface area contributed by atoms with Crippen molar-refractivity contribution in [2.45, 2.75) is 50.5 Å². The second-order valence-corrected chi connectivity index (χ2v) is 9.82. The van der Waals surface area contributed by atoms with Crippen molar-refractivity contribution in [3.05, 3.63) is 59.2 Å². The van der Waals surface area contributed by atoms with E-state index in [1.165, 1.54) is 37.5 Å². The highest BCUT2D eigenvalue weighted by Crippen LogP contribution is 2.32. The molecule has 1 fully saturated rings. The van der Waals surface area contributed by atoms with Gasteiger partial charge in [0.05, 0.1) is 7.11 Å². The lowest BCUT2D eigenvalue weighted by Gasteiger charge is -2.29. The minimum atomic E-state index is -4.05. The molecule has 3 rings (SSSR count). The summed E-state index contributed by atoms with van der Waals surface area (Å²) in [6.07, 6.45) is 5.62. The van der Waals surface area contributed by atoms with Crippen LogP contribution in [0.3, 0.4) is 0 Å². The summed E-state index contributed by atoms with van der Waals surface area (Å²) in [6, 6.07) is 12.8. The molecule has 174 valence electrons. The number of rotatable bonds is 7. The predicted molar refractivity (Wildman–Crippen MR) is 125 cm³/mol. The summed E-state index contributed by atoms with van der Waals surface area (Å²) >= 11 is 0. The lowest BCUT2D eigenvalue weighted by atomic mass is 9.86. The molecule has 0 heterocycles. The zero-order valence-corrected chi connectivity index (χ0v) is 19.8. The number of nitrogens with one attached hydrogen (secondary N) is 1. The molecule has 0 aliphatic heterocycles. The summed E-state index contributed by atoms with van der Waals surface area (Å²) in [5, 5.41) is 12.5. The van der Waals surface area contributed by atoms with Gasteiger partial charge in [-0.1, -0.05) is 43.5 Å². The normalized spacial score (nSPS) is 18.8. The van der Waals surface area contributed by atoms with E-state index in [-0.39, 0.29) is 28.0 Å². The van der Waals surface area contributed by atoms with Gasteiger partial charge >= 0.3 is 10.1 Å². The third-order valence-corrected chi connectivity index (χ3v) is 7.05. The molecular formula is C25H28N2O5S. The number of carbonyl (C=O) groups excluding carboxylic acids is 1. The number of benzene rings is 2. The highest BCUT2D eigenvalue weighted by Gasteiger charge is 2.24. The molecule has 2 atom stereocenters. The molecule has 0 aromatic heterocycles. The third-order valence-electron chi connectivity index (χ3n) is 5.80. The van der Waals surface area contributed by atoms with Crippen molar-refractivity contribution in [2.24, 2.45) is 5.92 Å². The van der Waals surface area contributed by atoms with Gasteiger partial charge in [-0.15, -0.1) is 0 Å². The van der Waals surface area contributed by atoms with Crippen LogP contribution >= 0.6 is 0 Å². The summed E-state index contributed by atoms with van der Waals surface area (Å²) in [5.74, 6) is 0.124. The van der Waals surface area contributed by atoms with Crippen LogP contribution in [0, 0.1) is 24.2 Å². The molecule has 1 aliphatic carbocycles. The van der Waals surface area contributed by atoms with Crippen LogP contribution in [-0.2, 0) is 14.9 Å². The zero-order chi connectivity index (χ0) is 24.0. The Morgan fingerprint density at radius 2 is 1.82 bits per heavy atom. The molecule has 7 nitrogen and oxygen atoms in total. The van der Waals surface area contributed by atoms with Crippen molar-refractivity contribution in [3.8, 4) is 17.6 Å². The van der Waals surface area contributed by atoms with Gasteiger partial charge in [0.25, 0.3) is 5.91 Å². The number of hydrogen-bond donors (Lipinski definition) is 1. The number of aryl methyl sites for hydroxylation is 1. The van der Waals surface area contributed by atoms with Crippen molar-refractivity contribution < 1.29 is 22.1 Å². The third kappa shape index (κ3) is 6.14. The number of amides is 1. The van der Waals surface area contributed by atoms with Crippen LogP contribution in [0.4, 0.5) is 0 Å². The van der Waals surface area contributed by atoms with E-state index < -0.39 is 16.0 Å². The van der Waals surface area contributed by atoms with Crippen LogP contribution in [0.2, 0.25) is 0 Å². The minimum absolute atomic E-state index is 0.00853. The molecule has 2 aromatic rings. The summed E-state index contributed by atoms with van der Waals surface area (Å²) in [5.41, 5.74) is 1.41. The van der Waals surface area contributed by atoms with Gasteiger partial charge in [-0.25, -0.2) is 0 Å². The topological polar surface area (TPSA) is 105 Å². The summed E-state index contributed by atoms with van der Waals surface area (Å²) in [4.78, 5) is 12.7. The molecule has 0 bridgehead atoms. The van der Waals surface area contributed by atoms with Gasteiger partial charge in [0.1, 0.15) is 16.5 Å². The van der Waals surface area contributed by atoms with E-state index in [2.05, 4.69) is 12.2 Å². The van der Waals surface area contributed by atoms with E-state index in [1.807, 2.05) is 13.0 Å². The standard InChI is InChI=1S/C25H28N2O5S/c1-17-8-11-21(12-9-17)33(29,30)32-23-13-10-19(15-24(23)31-3)14-20(16-26)25(28)27-22-7-5-4-6-18(22)2/h8-15,18,22H,4-7H2,1-3H3,(H,27,28)/b20-14-/t18-,22-/m1/s1. The highest BCUT2D eigenvalue weighted by molar-refractivity contribution is 7.87. The lowest BCUT2D eigenvalue weighted by molar-refractivity contribution is -0.118. The van der Waals surface area contributed by atoms with Gasteiger partial charge in [-0.2, -0.15) is 13.7 Å². The monoisotopic (exact) mass is 468 g/mol. The highest BCUT2D eigenvalue weighted by atomic mass is 32.2. The van der Waals surface area contributed by atoms with Crippen LogP contribution < -0.4 is 14.2 Å². The first-order valence-electron chi connectivity index (χ1n) is 10.9. The van der Waals surface area contributed by atoms with Gasteiger partial charge in [-0.05, 0) is 61.6 Å². The van der Waals surface area contributed by atoms with E-state index in [1.54, 1.807) is 18.2 Å². The van der Waals surface area contributed by atoms with Crippen LogP contribution in [-0.4, -0.2) is 27.5 Å². The number of nitrogens with zero attached hydrogens (tertiary/aromatic N) is 1. The molecule has 1 amide bonds. The largest absolute Gasteiger partial charge is 0.493 e. The second kappa shape index (κ2) is 10.5. The van der Waals surface area contributed by atoms with Crippen molar-refractivity contribution >= 4 is 22.1 Å². The fraction of sp³-hybridized carbons (Fsp3) is 0.360. The Labute approximate surface area is 195 Å². The SMILES string of the molecule is COc1cc(/C=C(/C#N)C(=O)N[C@@H]2CCCC[C@H]2C)ccc1OS(=O)(=O)c1ccc(C)cc1. The number of nitriles is 1. The van der Waals surface area contributed by atoms with Crippen molar-refractivity contribution in [1.29, 1.82) is 5.26 Å². The smallest absolute Gasteiger partial charge is 0.339 e. The predicted octanol–water partition coefficient (Wildman–Crippen LogP) is 4.37. The van der Waals surface area contributed by atoms with Crippen LogP contribution in [0.1, 0.15) is 43.7 Å². The van der Waals surface area contributed by atoms with Crippen LogP contribution in [0.5, 0.6) is 11.5 Å². The molecule has 0 unspecified atom stereocenters. The van der Waals surface area contributed by atoms with Crippen LogP contribution in [0.15, 0.2) is 52.9 Å². The van der Waals surface area contributed by atoms with Gasteiger partial charge < -0.3 is 14.2 Å². The fourth-order valence-electron chi connectivity index (χ4n) is 3.81.